The van der Waals surface area contributed by atoms with E-state index < -0.39 is 0 Å². The first-order valence-corrected chi connectivity index (χ1v) is 7.10. The number of halogens is 1. The number of aromatic nitrogens is 3. The van der Waals surface area contributed by atoms with Gasteiger partial charge in [0.05, 0.1) is 3.79 Å². The van der Waals surface area contributed by atoms with Crippen molar-refractivity contribution in [3.8, 4) is 0 Å². The van der Waals surface area contributed by atoms with Crippen LogP contribution in [0.3, 0.4) is 0 Å². The zero-order valence-corrected chi connectivity index (χ0v) is 12.3. The Kier molecular flexibility index (Phi) is 3.96. The molecular weight excluding hydrogens is 300 g/mol. The Morgan fingerprint density at radius 2 is 2.35 bits per heavy atom. The summed E-state index contributed by atoms with van der Waals surface area (Å²) in [4.78, 5) is 5.43. The number of hydrogen-bond acceptors (Lipinski definition) is 4. The van der Waals surface area contributed by atoms with Gasteiger partial charge in [-0.05, 0) is 41.4 Å². The van der Waals surface area contributed by atoms with E-state index in [1.807, 2.05) is 4.68 Å². The van der Waals surface area contributed by atoms with E-state index in [9.17, 15) is 0 Å². The van der Waals surface area contributed by atoms with Crippen molar-refractivity contribution in [2.24, 2.45) is 5.73 Å². The number of nitrogens with two attached hydrogens (primary N) is 1. The van der Waals surface area contributed by atoms with Crippen molar-refractivity contribution in [3.05, 3.63) is 32.4 Å². The molecule has 2 heterocycles. The minimum absolute atomic E-state index is 0.0144. The van der Waals surface area contributed by atoms with Crippen molar-refractivity contribution in [2.75, 3.05) is 0 Å². The maximum absolute atomic E-state index is 6.20. The van der Waals surface area contributed by atoms with Gasteiger partial charge in [-0.2, -0.15) is 5.10 Å². The molecule has 17 heavy (non-hydrogen) atoms. The Labute approximate surface area is 113 Å². The molecule has 0 saturated carbocycles. The second-order valence-electron chi connectivity index (χ2n) is 3.91. The average molecular weight is 315 g/mol. The lowest BCUT2D eigenvalue weighted by Crippen LogP contribution is -2.15. The summed E-state index contributed by atoms with van der Waals surface area (Å²) in [5.74, 6) is 0.946. The van der Waals surface area contributed by atoms with Crippen LogP contribution in [-0.2, 0) is 13.0 Å². The number of rotatable bonds is 4. The Hall–Kier alpha value is -0.720. The Balaban J connectivity index is 2.14. The lowest BCUT2D eigenvalue weighted by molar-refractivity contribution is 0.584. The molecule has 0 saturated heterocycles. The molecule has 0 amide bonds. The summed E-state index contributed by atoms with van der Waals surface area (Å²) in [6, 6.07) is 2.12. The lowest BCUT2D eigenvalue weighted by atomic mass is 10.1. The molecular formula is C11H15BrN4S. The molecule has 0 bridgehead atoms. The number of aryl methyl sites for hydroxylation is 2. The maximum atomic E-state index is 6.20. The quantitative estimate of drug-likeness (QED) is 0.944. The minimum atomic E-state index is -0.0144. The van der Waals surface area contributed by atoms with Gasteiger partial charge in [0, 0.05) is 23.9 Å². The topological polar surface area (TPSA) is 56.7 Å². The van der Waals surface area contributed by atoms with E-state index >= 15 is 0 Å². The van der Waals surface area contributed by atoms with Gasteiger partial charge in [-0.15, -0.1) is 11.3 Å². The zero-order chi connectivity index (χ0) is 12.4. The molecule has 1 unspecified atom stereocenters. The van der Waals surface area contributed by atoms with Crippen molar-refractivity contribution >= 4 is 27.3 Å². The summed E-state index contributed by atoms with van der Waals surface area (Å²) in [7, 11) is 0. The van der Waals surface area contributed by atoms with Gasteiger partial charge in [0.15, 0.2) is 0 Å². The monoisotopic (exact) mass is 314 g/mol. The van der Waals surface area contributed by atoms with Crippen LogP contribution in [0.1, 0.15) is 29.2 Å². The van der Waals surface area contributed by atoms with Crippen LogP contribution in [0.4, 0.5) is 0 Å². The fourth-order valence-electron chi connectivity index (χ4n) is 1.67. The first kappa shape index (κ1) is 12.7. The van der Waals surface area contributed by atoms with Gasteiger partial charge in [-0.3, -0.25) is 4.68 Å². The third kappa shape index (κ3) is 2.75. The largest absolute Gasteiger partial charge is 0.323 e. The highest BCUT2D eigenvalue weighted by molar-refractivity contribution is 9.11. The summed E-state index contributed by atoms with van der Waals surface area (Å²) < 4.78 is 3.04. The fraction of sp³-hybridized carbons (Fsp3) is 0.455. The first-order chi connectivity index (χ1) is 8.11. The smallest absolute Gasteiger partial charge is 0.138 e. The molecule has 0 aliphatic rings. The SMILES string of the molecule is CCn1ncnc1CC(N)c1cc(C)c(Br)s1. The zero-order valence-electron chi connectivity index (χ0n) is 9.85. The Bertz CT molecular complexity index is 486. The molecule has 0 aliphatic heterocycles. The van der Waals surface area contributed by atoms with Gasteiger partial charge in [0.25, 0.3) is 0 Å². The van der Waals surface area contributed by atoms with Crippen LogP contribution in [0.15, 0.2) is 16.2 Å². The van der Waals surface area contributed by atoms with Crippen LogP contribution in [0.2, 0.25) is 0 Å². The third-order valence-corrected chi connectivity index (χ3v) is 4.91. The van der Waals surface area contributed by atoms with Crippen LogP contribution < -0.4 is 5.73 Å². The molecule has 2 rings (SSSR count). The van der Waals surface area contributed by atoms with Gasteiger partial charge in [-0.25, -0.2) is 4.98 Å². The van der Waals surface area contributed by atoms with Crippen molar-refractivity contribution in [1.29, 1.82) is 0 Å². The highest BCUT2D eigenvalue weighted by atomic mass is 79.9. The van der Waals surface area contributed by atoms with E-state index in [2.05, 4.69) is 45.9 Å². The second-order valence-corrected chi connectivity index (χ2v) is 6.31. The molecule has 2 aromatic heterocycles. The molecule has 0 fully saturated rings. The highest BCUT2D eigenvalue weighted by Gasteiger charge is 2.14. The van der Waals surface area contributed by atoms with Crippen molar-refractivity contribution < 1.29 is 0 Å². The van der Waals surface area contributed by atoms with E-state index in [-0.39, 0.29) is 6.04 Å². The van der Waals surface area contributed by atoms with E-state index in [4.69, 9.17) is 5.73 Å². The molecule has 6 heteroatoms. The van der Waals surface area contributed by atoms with Gasteiger partial charge in [0.1, 0.15) is 12.2 Å². The summed E-state index contributed by atoms with van der Waals surface area (Å²) in [5, 5.41) is 4.15. The van der Waals surface area contributed by atoms with Crippen molar-refractivity contribution in [3.63, 3.8) is 0 Å². The van der Waals surface area contributed by atoms with Gasteiger partial charge >= 0.3 is 0 Å². The molecule has 0 radical (unpaired) electrons. The predicted molar refractivity (Wildman–Crippen MR) is 73.1 cm³/mol. The Morgan fingerprint density at radius 1 is 1.59 bits per heavy atom. The average Bonchev–Trinajstić information content (AvgIpc) is 2.86. The molecule has 0 aliphatic carbocycles. The normalized spacial score (nSPS) is 12.9. The van der Waals surface area contributed by atoms with E-state index in [1.54, 1.807) is 17.7 Å². The molecule has 1 atom stereocenters. The number of hydrogen-bond donors (Lipinski definition) is 1. The fourth-order valence-corrected chi connectivity index (χ4v) is 3.25. The third-order valence-electron chi connectivity index (χ3n) is 2.64. The Morgan fingerprint density at radius 3 is 2.94 bits per heavy atom. The minimum Gasteiger partial charge on any atom is -0.323 e. The first-order valence-electron chi connectivity index (χ1n) is 5.50. The molecule has 92 valence electrons. The molecule has 2 N–H and O–H groups in total. The van der Waals surface area contributed by atoms with Gasteiger partial charge in [-0.1, -0.05) is 0 Å². The van der Waals surface area contributed by atoms with E-state index in [0.717, 1.165) is 22.6 Å². The highest BCUT2D eigenvalue weighted by Crippen LogP contribution is 2.31. The molecule has 4 nitrogen and oxygen atoms in total. The maximum Gasteiger partial charge on any atom is 0.138 e. The van der Waals surface area contributed by atoms with E-state index in [1.165, 1.54) is 10.4 Å². The molecule has 2 aromatic rings. The predicted octanol–water partition coefficient (Wildman–Crippen LogP) is 2.67. The van der Waals surface area contributed by atoms with Crippen LogP contribution in [0.25, 0.3) is 0 Å². The number of thiophene rings is 1. The van der Waals surface area contributed by atoms with Crippen molar-refractivity contribution in [1.82, 2.24) is 14.8 Å². The summed E-state index contributed by atoms with van der Waals surface area (Å²) >= 11 is 5.21. The van der Waals surface area contributed by atoms with E-state index in [0.29, 0.717) is 0 Å². The summed E-state index contributed by atoms with van der Waals surface area (Å²) in [5.41, 5.74) is 7.43. The van der Waals surface area contributed by atoms with Crippen LogP contribution in [-0.4, -0.2) is 14.8 Å². The number of nitrogens with zero attached hydrogens (tertiary/aromatic N) is 3. The van der Waals surface area contributed by atoms with Crippen LogP contribution >= 0.6 is 27.3 Å². The second kappa shape index (κ2) is 5.29. The van der Waals surface area contributed by atoms with Crippen LogP contribution in [0, 0.1) is 6.92 Å². The summed E-state index contributed by atoms with van der Waals surface area (Å²) in [6.45, 7) is 4.95. The van der Waals surface area contributed by atoms with Gasteiger partial charge in [0.2, 0.25) is 0 Å². The molecule has 0 aromatic carbocycles. The van der Waals surface area contributed by atoms with Crippen molar-refractivity contribution in [2.45, 2.75) is 32.9 Å². The lowest BCUT2D eigenvalue weighted by Gasteiger charge is -2.09. The molecule has 0 spiro atoms. The van der Waals surface area contributed by atoms with Crippen LogP contribution in [0.5, 0.6) is 0 Å². The standard InChI is InChI=1S/C11H15BrN4S/c1-3-16-10(14-6-15-16)5-8(13)9-4-7(2)11(12)17-9/h4,6,8H,3,5,13H2,1-2H3. The van der Waals surface area contributed by atoms with Gasteiger partial charge < -0.3 is 5.73 Å². The summed E-state index contributed by atoms with van der Waals surface area (Å²) in [6.07, 6.45) is 2.31.